The average molecular weight is 431 g/mol. The number of rotatable bonds is 6. The highest BCUT2D eigenvalue weighted by Crippen LogP contribution is 2.48. The zero-order chi connectivity index (χ0) is 22.2. The average Bonchev–Trinajstić information content (AvgIpc) is 3.13. The molecule has 1 aliphatic carbocycles. The van der Waals surface area contributed by atoms with Crippen molar-refractivity contribution in [1.29, 1.82) is 0 Å². The second kappa shape index (κ2) is 8.05. The summed E-state index contributed by atoms with van der Waals surface area (Å²) in [6.07, 6.45) is 2.00. The topological polar surface area (TPSA) is 66.1 Å². The first-order valence-electron chi connectivity index (χ1n) is 9.71. The number of carbonyl (C=O) groups excluding carboxylic acids is 1. The van der Waals surface area contributed by atoms with E-state index in [-0.39, 0.29) is 30.5 Å². The van der Waals surface area contributed by atoms with Crippen molar-refractivity contribution in [3.63, 3.8) is 0 Å². The number of carbonyl (C=O) groups is 1. The number of esters is 1. The molecule has 3 aromatic rings. The van der Waals surface area contributed by atoms with Crippen LogP contribution in [0.3, 0.4) is 0 Å². The molecule has 0 spiro atoms. The molecule has 1 aliphatic rings. The van der Waals surface area contributed by atoms with Gasteiger partial charge >= 0.3 is 5.97 Å². The maximum Gasteiger partial charge on any atom is 0.341 e. The number of methoxy groups -OCH3 is 1. The van der Waals surface area contributed by atoms with E-state index < -0.39 is 23.6 Å². The fraction of sp³-hybridized carbons (Fsp3) is 0.318. The Kier molecular flexibility index (Phi) is 5.43. The summed E-state index contributed by atoms with van der Waals surface area (Å²) in [6, 6.07) is 9.58. The van der Waals surface area contributed by atoms with Gasteiger partial charge in [-0.3, -0.25) is 9.48 Å². The number of hydrogen-bond donors (Lipinski definition) is 0. The first-order valence-corrected chi connectivity index (χ1v) is 9.71. The van der Waals surface area contributed by atoms with Crippen molar-refractivity contribution in [2.24, 2.45) is 0 Å². The Balaban J connectivity index is 1.50. The molecule has 0 aliphatic heterocycles. The molecule has 9 heteroatoms. The minimum Gasteiger partial charge on any atom is -0.465 e. The van der Waals surface area contributed by atoms with Gasteiger partial charge in [0, 0.05) is 37.2 Å². The number of hydrogen-bond acceptors (Lipinski definition) is 4. The maximum atomic E-state index is 13.4. The molecule has 0 saturated heterocycles. The lowest BCUT2D eigenvalue weighted by Gasteiger charge is -2.34. The smallest absolute Gasteiger partial charge is 0.341 e. The van der Waals surface area contributed by atoms with E-state index in [1.807, 2.05) is 24.3 Å². The van der Waals surface area contributed by atoms with Crippen molar-refractivity contribution >= 4 is 5.97 Å². The minimum atomic E-state index is -2.72. The highest BCUT2D eigenvalue weighted by molar-refractivity contribution is 5.90. The van der Waals surface area contributed by atoms with Crippen LogP contribution < -0.4 is 5.56 Å². The number of nitrogens with zero attached hydrogens (tertiary/aromatic N) is 3. The molecule has 0 unspecified atom stereocenters. The number of halogens is 3. The van der Waals surface area contributed by atoms with Crippen LogP contribution in [0.15, 0.2) is 53.6 Å². The van der Waals surface area contributed by atoms with Crippen LogP contribution in [-0.2, 0) is 17.8 Å². The van der Waals surface area contributed by atoms with Gasteiger partial charge in [-0.15, -0.1) is 0 Å². The van der Waals surface area contributed by atoms with E-state index in [4.69, 9.17) is 4.74 Å². The molecule has 1 fully saturated rings. The van der Waals surface area contributed by atoms with Gasteiger partial charge in [0.2, 0.25) is 5.92 Å². The van der Waals surface area contributed by atoms with Gasteiger partial charge in [-0.1, -0.05) is 24.3 Å². The summed E-state index contributed by atoms with van der Waals surface area (Å²) in [4.78, 5) is 23.9. The van der Waals surface area contributed by atoms with Gasteiger partial charge in [-0.2, -0.15) is 5.10 Å². The van der Waals surface area contributed by atoms with Gasteiger partial charge in [0.15, 0.2) is 0 Å². The van der Waals surface area contributed by atoms with Crippen molar-refractivity contribution in [3.8, 4) is 0 Å². The number of alkyl halides is 2. The fourth-order valence-corrected chi connectivity index (χ4v) is 3.70. The van der Waals surface area contributed by atoms with Crippen LogP contribution in [0.1, 0.15) is 45.9 Å². The first kappa shape index (κ1) is 20.9. The van der Waals surface area contributed by atoms with Gasteiger partial charge < -0.3 is 9.30 Å². The standard InChI is InChI=1S/C22H20F3N3O3/c1-31-21(30)18-13-28(26-20(18)16-8-22(24,25)9-16)11-15-4-2-14(3-5-15)10-27-12-17(23)6-7-19(27)29/h2-7,12-13,16H,8-11H2,1H3. The molecule has 0 N–H and O–H groups in total. The molecule has 0 radical (unpaired) electrons. The molecule has 0 amide bonds. The molecule has 2 aromatic heterocycles. The summed E-state index contributed by atoms with van der Waals surface area (Å²) < 4.78 is 47.5. The minimum absolute atomic E-state index is 0.199. The van der Waals surface area contributed by atoms with Gasteiger partial charge in [-0.05, 0) is 17.2 Å². The lowest BCUT2D eigenvalue weighted by molar-refractivity contribution is -0.0878. The number of benzene rings is 1. The second-order valence-corrected chi connectivity index (χ2v) is 7.71. The van der Waals surface area contributed by atoms with Gasteiger partial charge in [-0.25, -0.2) is 18.0 Å². The van der Waals surface area contributed by atoms with Gasteiger partial charge in [0.25, 0.3) is 5.56 Å². The Morgan fingerprint density at radius 2 is 1.74 bits per heavy atom. The molecule has 1 saturated carbocycles. The summed E-state index contributed by atoms with van der Waals surface area (Å²) >= 11 is 0. The zero-order valence-corrected chi connectivity index (χ0v) is 16.7. The summed E-state index contributed by atoms with van der Waals surface area (Å²) in [6.45, 7) is 0.554. The lowest BCUT2D eigenvalue weighted by atomic mass is 9.78. The Labute approximate surface area is 175 Å². The van der Waals surface area contributed by atoms with Gasteiger partial charge in [0.05, 0.1) is 25.9 Å². The number of aromatic nitrogens is 3. The quantitative estimate of drug-likeness (QED) is 0.560. The molecule has 1 aromatic carbocycles. The van der Waals surface area contributed by atoms with Crippen LogP contribution in [-0.4, -0.2) is 33.3 Å². The zero-order valence-electron chi connectivity index (χ0n) is 16.7. The summed E-state index contributed by atoms with van der Waals surface area (Å²) in [5.41, 5.74) is 1.90. The Bertz CT molecular complexity index is 1160. The van der Waals surface area contributed by atoms with Gasteiger partial charge in [0.1, 0.15) is 11.4 Å². The summed E-state index contributed by atoms with van der Waals surface area (Å²) in [5, 5.41) is 4.37. The Hall–Kier alpha value is -3.36. The number of ether oxygens (including phenoxy) is 1. The molecule has 31 heavy (non-hydrogen) atoms. The highest BCUT2D eigenvalue weighted by Gasteiger charge is 2.48. The SMILES string of the molecule is COC(=O)c1cn(Cc2ccc(Cn3cc(F)ccc3=O)cc2)nc1C1CC(F)(F)C1. The summed E-state index contributed by atoms with van der Waals surface area (Å²) in [7, 11) is 1.24. The number of pyridine rings is 1. The van der Waals surface area contributed by atoms with Crippen LogP contribution in [0.2, 0.25) is 0 Å². The second-order valence-electron chi connectivity index (χ2n) is 7.71. The van der Waals surface area contributed by atoms with Crippen LogP contribution >= 0.6 is 0 Å². The molecular formula is C22H20F3N3O3. The largest absolute Gasteiger partial charge is 0.465 e. The van der Waals surface area contributed by atoms with Crippen molar-refractivity contribution in [1.82, 2.24) is 14.3 Å². The fourth-order valence-electron chi connectivity index (χ4n) is 3.70. The normalized spacial score (nSPS) is 15.5. The molecule has 0 bridgehead atoms. The first-order chi connectivity index (χ1) is 14.7. The van der Waals surface area contributed by atoms with Crippen LogP contribution in [0, 0.1) is 5.82 Å². The molecule has 6 nitrogen and oxygen atoms in total. The Morgan fingerprint density at radius 1 is 1.10 bits per heavy atom. The predicted molar refractivity (Wildman–Crippen MR) is 106 cm³/mol. The van der Waals surface area contributed by atoms with Crippen LogP contribution in [0.4, 0.5) is 13.2 Å². The van der Waals surface area contributed by atoms with Crippen molar-refractivity contribution < 1.29 is 22.7 Å². The third kappa shape index (κ3) is 4.55. The third-order valence-electron chi connectivity index (χ3n) is 5.34. The Morgan fingerprint density at radius 3 is 2.35 bits per heavy atom. The van der Waals surface area contributed by atoms with E-state index in [0.29, 0.717) is 12.2 Å². The highest BCUT2D eigenvalue weighted by atomic mass is 19.3. The maximum absolute atomic E-state index is 13.4. The third-order valence-corrected chi connectivity index (χ3v) is 5.34. The van der Waals surface area contributed by atoms with E-state index in [1.54, 1.807) is 0 Å². The van der Waals surface area contributed by atoms with Crippen LogP contribution in [0.25, 0.3) is 0 Å². The van der Waals surface area contributed by atoms with E-state index in [1.165, 1.54) is 28.6 Å². The van der Waals surface area contributed by atoms with E-state index in [0.717, 1.165) is 23.4 Å². The summed E-state index contributed by atoms with van der Waals surface area (Å²) in [5.74, 6) is -4.29. The molecule has 162 valence electrons. The lowest BCUT2D eigenvalue weighted by Crippen LogP contribution is -2.34. The molecule has 0 atom stereocenters. The van der Waals surface area contributed by atoms with Crippen molar-refractivity contribution in [3.05, 3.63) is 87.3 Å². The van der Waals surface area contributed by atoms with Crippen molar-refractivity contribution in [2.45, 2.75) is 37.8 Å². The molecule has 4 rings (SSSR count). The van der Waals surface area contributed by atoms with E-state index in [9.17, 15) is 22.8 Å². The molecular weight excluding hydrogens is 411 g/mol. The van der Waals surface area contributed by atoms with E-state index in [2.05, 4.69) is 5.10 Å². The predicted octanol–water partition coefficient (Wildman–Crippen LogP) is 3.58. The van der Waals surface area contributed by atoms with E-state index >= 15 is 0 Å². The van der Waals surface area contributed by atoms with Crippen LogP contribution in [0.5, 0.6) is 0 Å². The molecule has 2 heterocycles. The monoisotopic (exact) mass is 431 g/mol. The van der Waals surface area contributed by atoms with Crippen molar-refractivity contribution in [2.75, 3.05) is 7.11 Å².